The van der Waals surface area contributed by atoms with Gasteiger partial charge in [-0.15, -0.1) is 5.10 Å². The highest BCUT2D eigenvalue weighted by atomic mass is 16.6. The summed E-state index contributed by atoms with van der Waals surface area (Å²) in [7, 11) is 0. The van der Waals surface area contributed by atoms with Crippen molar-refractivity contribution in [3.05, 3.63) is 78.2 Å². The Bertz CT molecular complexity index is 1360. The monoisotopic (exact) mass is 410 g/mol. The number of ether oxygens (including phenoxy) is 1. The van der Waals surface area contributed by atoms with Crippen molar-refractivity contribution >= 4 is 39.7 Å². The normalized spacial score (nSPS) is 13.9. The SMILES string of the molecule is Cc1cc(=O)oc2c3c(ccc12)O/C(=N/Nc1ccc([N+](=O)[O-])cc1[N+](=O)[O-])C3=O. The summed E-state index contributed by atoms with van der Waals surface area (Å²) < 4.78 is 10.6. The summed E-state index contributed by atoms with van der Waals surface area (Å²) in [5.41, 5.74) is 1.10. The maximum Gasteiger partial charge on any atom is 0.336 e. The number of nitrogens with one attached hydrogen (secondary N) is 1. The Balaban J connectivity index is 1.72. The first-order valence-corrected chi connectivity index (χ1v) is 8.33. The van der Waals surface area contributed by atoms with Crippen molar-refractivity contribution in [1.82, 2.24) is 0 Å². The number of hydrogen-bond acceptors (Lipinski definition) is 10. The number of carbonyl (C=O) groups is 1. The van der Waals surface area contributed by atoms with E-state index < -0.39 is 38.5 Å². The minimum atomic E-state index is -0.827. The molecule has 2 aromatic carbocycles. The number of hydrogen-bond donors (Lipinski definition) is 1. The van der Waals surface area contributed by atoms with Gasteiger partial charge in [0.25, 0.3) is 17.4 Å². The van der Waals surface area contributed by atoms with Crippen molar-refractivity contribution in [2.45, 2.75) is 6.92 Å². The summed E-state index contributed by atoms with van der Waals surface area (Å²) in [6, 6.07) is 7.33. The minimum Gasteiger partial charge on any atom is -0.434 e. The van der Waals surface area contributed by atoms with Crippen LogP contribution < -0.4 is 15.8 Å². The first-order chi connectivity index (χ1) is 14.3. The van der Waals surface area contributed by atoms with E-state index in [1.54, 1.807) is 13.0 Å². The lowest BCUT2D eigenvalue weighted by molar-refractivity contribution is -0.393. The Morgan fingerprint density at radius 1 is 1.03 bits per heavy atom. The van der Waals surface area contributed by atoms with Gasteiger partial charge in [0, 0.05) is 17.5 Å². The number of aryl methyl sites for hydroxylation is 1. The average Bonchev–Trinajstić information content (AvgIpc) is 3.02. The van der Waals surface area contributed by atoms with Crippen LogP contribution >= 0.6 is 0 Å². The molecule has 4 rings (SSSR count). The molecule has 0 saturated heterocycles. The standard InChI is InChI=1S/C18H10N4O8/c1-8-6-14(23)30-17-10(8)3-5-13-15(17)16(24)18(29-13)20-19-11-4-2-9(21(25)26)7-12(11)22(27)28/h2-7,19H,1H3/b20-18+. The molecule has 0 unspecified atom stereocenters. The molecule has 0 spiro atoms. The van der Waals surface area contributed by atoms with E-state index in [4.69, 9.17) is 9.15 Å². The smallest absolute Gasteiger partial charge is 0.336 e. The lowest BCUT2D eigenvalue weighted by Gasteiger charge is -2.03. The number of nitrogens with zero attached hydrogens (tertiary/aromatic N) is 3. The number of carbonyl (C=O) groups excluding carboxylic acids is 1. The van der Waals surface area contributed by atoms with Crippen molar-refractivity contribution in [3.8, 4) is 5.75 Å². The Hall–Kier alpha value is -4.61. The molecule has 0 bridgehead atoms. The molecule has 12 heteroatoms. The summed E-state index contributed by atoms with van der Waals surface area (Å²) >= 11 is 0. The molecule has 0 saturated carbocycles. The molecule has 0 aliphatic carbocycles. The van der Waals surface area contributed by atoms with Crippen molar-refractivity contribution in [3.63, 3.8) is 0 Å². The Labute approximate surface area is 165 Å². The van der Waals surface area contributed by atoms with Crippen LogP contribution in [0.25, 0.3) is 11.0 Å². The highest BCUT2D eigenvalue weighted by Crippen LogP contribution is 2.34. The number of anilines is 1. The van der Waals surface area contributed by atoms with Crippen LogP contribution in [-0.4, -0.2) is 21.5 Å². The number of Topliss-reactive ketones (excluding diaryl/α,β-unsaturated/α-hetero) is 1. The number of hydrazone groups is 1. The van der Waals surface area contributed by atoms with E-state index in [2.05, 4.69) is 10.5 Å². The number of rotatable bonds is 4. The fraction of sp³-hybridized carbons (Fsp3) is 0.0556. The Kier molecular flexibility index (Phi) is 4.23. The Morgan fingerprint density at radius 2 is 1.80 bits per heavy atom. The molecule has 2 heterocycles. The molecule has 1 aliphatic heterocycles. The average molecular weight is 410 g/mol. The lowest BCUT2D eigenvalue weighted by Crippen LogP contribution is -2.15. The van der Waals surface area contributed by atoms with E-state index in [1.165, 1.54) is 12.1 Å². The van der Waals surface area contributed by atoms with E-state index in [0.717, 1.165) is 18.2 Å². The van der Waals surface area contributed by atoms with Crippen LogP contribution in [0.2, 0.25) is 0 Å². The maximum absolute atomic E-state index is 12.7. The van der Waals surface area contributed by atoms with Crippen molar-refractivity contribution in [2.24, 2.45) is 5.10 Å². The van der Waals surface area contributed by atoms with Gasteiger partial charge in [0.15, 0.2) is 5.58 Å². The first kappa shape index (κ1) is 18.7. The minimum absolute atomic E-state index is 0.00653. The summed E-state index contributed by atoms with van der Waals surface area (Å²) in [6.07, 6.45) is 0. The van der Waals surface area contributed by atoms with Crippen molar-refractivity contribution < 1.29 is 23.8 Å². The van der Waals surface area contributed by atoms with E-state index >= 15 is 0 Å². The topological polar surface area (TPSA) is 167 Å². The van der Waals surface area contributed by atoms with Gasteiger partial charge >= 0.3 is 11.3 Å². The van der Waals surface area contributed by atoms with E-state index in [9.17, 15) is 29.8 Å². The Morgan fingerprint density at radius 3 is 2.50 bits per heavy atom. The van der Waals surface area contributed by atoms with Gasteiger partial charge in [0.05, 0.1) is 15.9 Å². The van der Waals surface area contributed by atoms with Crippen LogP contribution in [0.1, 0.15) is 15.9 Å². The first-order valence-electron chi connectivity index (χ1n) is 8.33. The van der Waals surface area contributed by atoms with E-state index in [-0.39, 0.29) is 22.6 Å². The van der Waals surface area contributed by atoms with E-state index in [1.807, 2.05) is 0 Å². The molecule has 30 heavy (non-hydrogen) atoms. The molecule has 12 nitrogen and oxygen atoms in total. The zero-order valence-corrected chi connectivity index (χ0v) is 15.1. The van der Waals surface area contributed by atoms with Gasteiger partial charge in [-0.25, -0.2) is 4.79 Å². The van der Waals surface area contributed by atoms with Crippen LogP contribution in [0.4, 0.5) is 17.1 Å². The predicted octanol–water partition coefficient (Wildman–Crippen LogP) is 2.92. The molecule has 0 atom stereocenters. The zero-order chi connectivity index (χ0) is 21.6. The van der Waals surface area contributed by atoms with E-state index in [0.29, 0.717) is 10.9 Å². The number of nitro groups is 2. The molecular weight excluding hydrogens is 400 g/mol. The number of fused-ring (bicyclic) bond motifs is 3. The number of non-ortho nitro benzene ring substituents is 1. The number of benzene rings is 2. The fourth-order valence-corrected chi connectivity index (χ4v) is 2.99. The molecule has 0 radical (unpaired) electrons. The number of ketones is 1. The van der Waals surface area contributed by atoms with Crippen LogP contribution in [0.3, 0.4) is 0 Å². The molecule has 150 valence electrons. The second-order valence-electron chi connectivity index (χ2n) is 6.24. The van der Waals surface area contributed by atoms with Crippen molar-refractivity contribution in [1.29, 1.82) is 0 Å². The van der Waals surface area contributed by atoms with Gasteiger partial charge in [0.2, 0.25) is 0 Å². The summed E-state index contributed by atoms with van der Waals surface area (Å²) in [5, 5.41) is 26.3. The van der Waals surface area contributed by atoms with Gasteiger partial charge in [-0.1, -0.05) is 0 Å². The van der Waals surface area contributed by atoms with Crippen LogP contribution in [-0.2, 0) is 0 Å². The molecule has 3 aromatic rings. The molecule has 0 fully saturated rings. The molecular formula is C18H10N4O8. The second-order valence-corrected chi connectivity index (χ2v) is 6.24. The summed E-state index contributed by atoms with van der Waals surface area (Å²) in [4.78, 5) is 44.9. The highest BCUT2D eigenvalue weighted by Gasteiger charge is 2.33. The third-order valence-corrected chi connectivity index (χ3v) is 4.38. The maximum atomic E-state index is 12.7. The molecule has 0 amide bonds. The van der Waals surface area contributed by atoms with Crippen molar-refractivity contribution in [2.75, 3.05) is 5.43 Å². The lowest BCUT2D eigenvalue weighted by atomic mass is 10.0. The predicted molar refractivity (Wildman–Crippen MR) is 103 cm³/mol. The quantitative estimate of drug-likeness (QED) is 0.386. The van der Waals surface area contributed by atoms with Crippen LogP contribution in [0, 0.1) is 27.2 Å². The summed E-state index contributed by atoms with van der Waals surface area (Å²) in [6.45, 7) is 1.69. The third-order valence-electron chi connectivity index (χ3n) is 4.38. The third kappa shape index (κ3) is 3.01. The summed E-state index contributed by atoms with van der Waals surface area (Å²) in [5.74, 6) is -1.02. The van der Waals surface area contributed by atoms with Crippen LogP contribution in [0.15, 0.2) is 50.7 Å². The van der Waals surface area contributed by atoms with Gasteiger partial charge in [-0.05, 0) is 30.7 Å². The van der Waals surface area contributed by atoms with Gasteiger partial charge in [0.1, 0.15) is 17.0 Å². The largest absolute Gasteiger partial charge is 0.434 e. The molecule has 1 aromatic heterocycles. The van der Waals surface area contributed by atoms with Gasteiger partial charge < -0.3 is 9.15 Å². The van der Waals surface area contributed by atoms with Gasteiger partial charge in [-0.2, -0.15) is 0 Å². The number of nitro benzene ring substituents is 2. The second kappa shape index (κ2) is 6.77. The highest BCUT2D eigenvalue weighted by molar-refractivity contribution is 6.48. The fourth-order valence-electron chi connectivity index (χ4n) is 2.99. The zero-order valence-electron chi connectivity index (χ0n) is 15.1. The molecule has 1 N–H and O–H groups in total. The van der Waals surface area contributed by atoms with Crippen LogP contribution in [0.5, 0.6) is 5.75 Å². The molecule has 1 aliphatic rings. The van der Waals surface area contributed by atoms with Gasteiger partial charge in [-0.3, -0.25) is 30.4 Å².